The first-order chi connectivity index (χ1) is 8.67. The molecule has 0 spiro atoms. The van der Waals surface area contributed by atoms with E-state index in [9.17, 15) is 0 Å². The van der Waals surface area contributed by atoms with Crippen molar-refractivity contribution in [3.8, 4) is 5.75 Å². The Balaban J connectivity index is 2.37. The van der Waals surface area contributed by atoms with Crippen molar-refractivity contribution in [2.75, 3.05) is 7.11 Å². The van der Waals surface area contributed by atoms with Gasteiger partial charge < -0.3 is 10.5 Å². The van der Waals surface area contributed by atoms with Crippen LogP contribution in [-0.4, -0.2) is 7.11 Å². The van der Waals surface area contributed by atoms with Crippen LogP contribution in [0, 0.1) is 0 Å². The largest absolute Gasteiger partial charge is 0.497 e. The smallest absolute Gasteiger partial charge is 0.120 e. The second kappa shape index (κ2) is 5.74. The minimum Gasteiger partial charge on any atom is -0.497 e. The molecule has 2 nitrogen and oxygen atoms in total. The van der Waals surface area contributed by atoms with Crippen LogP contribution in [0.2, 0.25) is 5.02 Å². The van der Waals surface area contributed by atoms with Crippen LogP contribution in [0.4, 0.5) is 0 Å². The molecule has 0 aliphatic carbocycles. The molecule has 0 bridgehead atoms. The molecule has 0 radical (unpaired) electrons. The molecule has 4 heteroatoms. The molecule has 2 aromatic rings. The number of aryl methyl sites for hydroxylation is 1. The first-order valence-corrected chi connectivity index (χ1v) is 7.08. The van der Waals surface area contributed by atoms with Gasteiger partial charge in [0.05, 0.1) is 13.2 Å². The monoisotopic (exact) mass is 281 g/mol. The molecule has 1 heterocycles. The van der Waals surface area contributed by atoms with Crippen molar-refractivity contribution in [3.63, 3.8) is 0 Å². The molecule has 18 heavy (non-hydrogen) atoms. The van der Waals surface area contributed by atoms with Crippen LogP contribution in [0.5, 0.6) is 5.75 Å². The van der Waals surface area contributed by atoms with Gasteiger partial charge in [-0.3, -0.25) is 0 Å². The Bertz CT molecular complexity index is 538. The Morgan fingerprint density at radius 1 is 1.39 bits per heavy atom. The first kappa shape index (κ1) is 13.4. The average Bonchev–Trinajstić information content (AvgIpc) is 2.86. The lowest BCUT2D eigenvalue weighted by molar-refractivity contribution is 0.414. The van der Waals surface area contributed by atoms with E-state index in [4.69, 9.17) is 22.1 Å². The predicted octanol–water partition coefficient (Wildman–Crippen LogP) is 4.02. The van der Waals surface area contributed by atoms with Gasteiger partial charge in [0.25, 0.3) is 0 Å². The van der Waals surface area contributed by atoms with Crippen LogP contribution in [0.1, 0.15) is 29.0 Å². The van der Waals surface area contributed by atoms with Crippen molar-refractivity contribution in [1.82, 2.24) is 0 Å². The van der Waals surface area contributed by atoms with Crippen molar-refractivity contribution >= 4 is 22.9 Å². The minimum atomic E-state index is -0.168. The minimum absolute atomic E-state index is 0.168. The van der Waals surface area contributed by atoms with Crippen molar-refractivity contribution in [2.45, 2.75) is 19.4 Å². The highest BCUT2D eigenvalue weighted by Crippen LogP contribution is 2.33. The van der Waals surface area contributed by atoms with Gasteiger partial charge in [0.1, 0.15) is 5.75 Å². The zero-order valence-corrected chi connectivity index (χ0v) is 12.0. The van der Waals surface area contributed by atoms with Crippen molar-refractivity contribution < 1.29 is 4.74 Å². The molecule has 1 atom stereocenters. The molecule has 1 unspecified atom stereocenters. The Morgan fingerprint density at radius 2 is 2.17 bits per heavy atom. The van der Waals surface area contributed by atoms with Crippen molar-refractivity contribution in [2.24, 2.45) is 5.73 Å². The lowest BCUT2D eigenvalue weighted by Gasteiger charge is -2.15. The van der Waals surface area contributed by atoms with E-state index in [0.717, 1.165) is 17.7 Å². The molecule has 0 amide bonds. The van der Waals surface area contributed by atoms with E-state index in [-0.39, 0.29) is 6.04 Å². The van der Waals surface area contributed by atoms with Crippen LogP contribution >= 0.6 is 22.9 Å². The standard InChI is InChI=1S/C14H16ClNOS/c1-3-9-6-7-18-14(9)13(16)11-5-4-10(17-2)8-12(11)15/h4-8,13H,3,16H2,1-2H3. The molecule has 0 saturated heterocycles. The van der Waals surface area contributed by atoms with Gasteiger partial charge in [0.15, 0.2) is 0 Å². The number of rotatable bonds is 4. The highest BCUT2D eigenvalue weighted by Gasteiger charge is 2.17. The Labute approximate surface area is 116 Å². The summed E-state index contributed by atoms with van der Waals surface area (Å²) >= 11 is 7.94. The van der Waals surface area contributed by atoms with E-state index in [1.165, 1.54) is 10.4 Å². The number of methoxy groups -OCH3 is 1. The highest BCUT2D eigenvalue weighted by atomic mass is 35.5. The summed E-state index contributed by atoms with van der Waals surface area (Å²) in [5, 5.41) is 2.73. The van der Waals surface area contributed by atoms with E-state index in [0.29, 0.717) is 5.02 Å². The van der Waals surface area contributed by atoms with Gasteiger partial charge in [-0.05, 0) is 41.1 Å². The molecular weight excluding hydrogens is 266 g/mol. The van der Waals surface area contributed by atoms with E-state index in [1.807, 2.05) is 12.1 Å². The Kier molecular flexibility index (Phi) is 4.27. The van der Waals surface area contributed by atoms with Gasteiger partial charge in [-0.25, -0.2) is 0 Å². The predicted molar refractivity (Wildman–Crippen MR) is 77.7 cm³/mol. The van der Waals surface area contributed by atoms with Crippen LogP contribution in [0.15, 0.2) is 29.6 Å². The van der Waals surface area contributed by atoms with Gasteiger partial charge in [0, 0.05) is 9.90 Å². The van der Waals surface area contributed by atoms with Gasteiger partial charge in [0.2, 0.25) is 0 Å². The van der Waals surface area contributed by atoms with Crippen LogP contribution in [-0.2, 0) is 6.42 Å². The molecular formula is C14H16ClNOS. The fourth-order valence-electron chi connectivity index (χ4n) is 1.94. The molecule has 2 rings (SSSR count). The molecule has 0 saturated carbocycles. The van der Waals surface area contributed by atoms with E-state index < -0.39 is 0 Å². The SMILES string of the molecule is CCc1ccsc1C(N)c1ccc(OC)cc1Cl. The molecule has 0 fully saturated rings. The van der Waals surface area contributed by atoms with Crippen molar-refractivity contribution in [3.05, 3.63) is 50.7 Å². The maximum Gasteiger partial charge on any atom is 0.120 e. The third-order valence-electron chi connectivity index (χ3n) is 2.99. The quantitative estimate of drug-likeness (QED) is 0.919. The lowest BCUT2D eigenvalue weighted by atomic mass is 10.0. The van der Waals surface area contributed by atoms with Gasteiger partial charge in [-0.15, -0.1) is 11.3 Å². The molecule has 1 aromatic heterocycles. The number of hydrogen-bond acceptors (Lipinski definition) is 3. The zero-order valence-electron chi connectivity index (χ0n) is 10.4. The van der Waals surface area contributed by atoms with Gasteiger partial charge in [-0.1, -0.05) is 24.6 Å². The summed E-state index contributed by atoms with van der Waals surface area (Å²) in [4.78, 5) is 1.18. The summed E-state index contributed by atoms with van der Waals surface area (Å²) in [5.41, 5.74) is 8.55. The molecule has 96 valence electrons. The van der Waals surface area contributed by atoms with E-state index >= 15 is 0 Å². The Hall–Kier alpha value is -1.03. The Morgan fingerprint density at radius 3 is 2.78 bits per heavy atom. The fourth-order valence-corrected chi connectivity index (χ4v) is 3.25. The summed E-state index contributed by atoms with van der Waals surface area (Å²) in [6.45, 7) is 2.13. The van der Waals surface area contributed by atoms with Crippen LogP contribution in [0.25, 0.3) is 0 Å². The summed E-state index contributed by atoms with van der Waals surface area (Å²) in [6.07, 6.45) is 0.986. The number of hydrogen-bond donors (Lipinski definition) is 1. The maximum absolute atomic E-state index is 6.31. The second-order valence-electron chi connectivity index (χ2n) is 4.03. The lowest BCUT2D eigenvalue weighted by Crippen LogP contribution is -2.12. The molecule has 0 aliphatic rings. The fraction of sp³-hybridized carbons (Fsp3) is 0.286. The zero-order chi connectivity index (χ0) is 13.1. The van der Waals surface area contributed by atoms with Gasteiger partial charge in [-0.2, -0.15) is 0 Å². The highest BCUT2D eigenvalue weighted by molar-refractivity contribution is 7.10. The normalized spacial score (nSPS) is 12.4. The topological polar surface area (TPSA) is 35.2 Å². The van der Waals surface area contributed by atoms with Gasteiger partial charge >= 0.3 is 0 Å². The third kappa shape index (κ3) is 2.53. The molecule has 2 N–H and O–H groups in total. The van der Waals surface area contributed by atoms with E-state index in [2.05, 4.69) is 18.4 Å². The third-order valence-corrected chi connectivity index (χ3v) is 4.36. The number of ether oxygens (including phenoxy) is 1. The number of thiophene rings is 1. The van der Waals surface area contributed by atoms with Crippen LogP contribution in [0.3, 0.4) is 0 Å². The number of halogens is 1. The summed E-state index contributed by atoms with van der Waals surface area (Å²) in [6, 6.07) is 7.58. The summed E-state index contributed by atoms with van der Waals surface area (Å²) in [5.74, 6) is 0.748. The summed E-state index contributed by atoms with van der Waals surface area (Å²) < 4.78 is 5.14. The first-order valence-electron chi connectivity index (χ1n) is 5.82. The number of benzene rings is 1. The average molecular weight is 282 g/mol. The summed E-state index contributed by atoms with van der Waals surface area (Å²) in [7, 11) is 1.62. The second-order valence-corrected chi connectivity index (χ2v) is 5.38. The van der Waals surface area contributed by atoms with E-state index in [1.54, 1.807) is 24.5 Å². The number of nitrogens with two attached hydrogens (primary N) is 1. The van der Waals surface area contributed by atoms with Crippen molar-refractivity contribution in [1.29, 1.82) is 0 Å². The molecule has 1 aromatic carbocycles. The molecule has 0 aliphatic heterocycles. The van der Waals surface area contributed by atoms with Crippen LogP contribution < -0.4 is 10.5 Å². The maximum atomic E-state index is 6.31.